The van der Waals surface area contributed by atoms with Gasteiger partial charge in [0.2, 0.25) is 0 Å². The molecule has 0 bridgehead atoms. The van der Waals surface area contributed by atoms with E-state index >= 15 is 0 Å². The van der Waals surface area contributed by atoms with Crippen molar-refractivity contribution >= 4 is 5.69 Å². The summed E-state index contributed by atoms with van der Waals surface area (Å²) in [5, 5.41) is 0. The van der Waals surface area contributed by atoms with Crippen molar-refractivity contribution in [2.24, 2.45) is 0 Å². The van der Waals surface area contributed by atoms with E-state index < -0.39 is 0 Å². The number of nitrogens with zero attached hydrogens (tertiary/aromatic N) is 3. The molecule has 0 saturated heterocycles. The molecule has 4 heteroatoms. The number of hydrogen-bond donors (Lipinski definition) is 0. The van der Waals surface area contributed by atoms with Gasteiger partial charge in [-0.15, -0.1) is 0 Å². The highest BCUT2D eigenvalue weighted by Crippen LogP contribution is 2.37. The average molecular weight is 482 g/mol. The van der Waals surface area contributed by atoms with Crippen LogP contribution in [0.15, 0.2) is 134 Å². The first-order chi connectivity index (χ1) is 18.2. The maximum Gasteiger partial charge on any atom is 0.129 e. The molecule has 1 aliphatic rings. The van der Waals surface area contributed by atoms with Gasteiger partial charge in [-0.1, -0.05) is 72.8 Å². The standard InChI is InChI=1S/C33H27N3O/c1-35-19-20-36(24-35)33-23-30(15-16-31(33)26-11-6-3-7-12-26)37-29-14-8-13-28(21-29)32-22-27(17-18-34-32)25-9-4-2-5-10-25/h2-23H,24H2,1H3. The van der Waals surface area contributed by atoms with Gasteiger partial charge in [0.25, 0.3) is 0 Å². The Morgan fingerprint density at radius 3 is 2.11 bits per heavy atom. The van der Waals surface area contributed by atoms with Crippen LogP contribution in [0.25, 0.3) is 33.5 Å². The van der Waals surface area contributed by atoms with Gasteiger partial charge in [0.15, 0.2) is 0 Å². The number of benzene rings is 4. The molecule has 1 aliphatic heterocycles. The van der Waals surface area contributed by atoms with E-state index in [9.17, 15) is 0 Å². The molecule has 5 aromatic rings. The Bertz CT molecular complexity index is 1550. The van der Waals surface area contributed by atoms with Gasteiger partial charge in [0.1, 0.15) is 11.5 Å². The lowest BCUT2D eigenvalue weighted by Crippen LogP contribution is -2.22. The molecule has 37 heavy (non-hydrogen) atoms. The van der Waals surface area contributed by atoms with Crippen molar-refractivity contribution in [3.8, 4) is 45.0 Å². The molecular formula is C33H27N3O. The van der Waals surface area contributed by atoms with Crippen LogP contribution in [-0.2, 0) is 0 Å². The molecular weight excluding hydrogens is 454 g/mol. The Morgan fingerprint density at radius 2 is 1.35 bits per heavy atom. The highest BCUT2D eigenvalue weighted by Gasteiger charge is 2.17. The zero-order chi connectivity index (χ0) is 25.0. The minimum atomic E-state index is 0.775. The Labute approximate surface area is 217 Å². The summed E-state index contributed by atoms with van der Waals surface area (Å²) in [6.45, 7) is 0.794. The van der Waals surface area contributed by atoms with Crippen LogP contribution in [-0.4, -0.2) is 23.6 Å². The average Bonchev–Trinajstić information content (AvgIpc) is 3.40. The fourth-order valence-corrected chi connectivity index (χ4v) is 4.61. The molecule has 0 fully saturated rings. The molecule has 0 N–H and O–H groups in total. The van der Waals surface area contributed by atoms with Crippen molar-refractivity contribution in [1.82, 2.24) is 9.88 Å². The van der Waals surface area contributed by atoms with Crippen molar-refractivity contribution in [2.45, 2.75) is 0 Å². The summed E-state index contributed by atoms with van der Waals surface area (Å²) in [7, 11) is 2.07. The van der Waals surface area contributed by atoms with Gasteiger partial charge in [-0.05, 0) is 53.1 Å². The third-order valence-corrected chi connectivity index (χ3v) is 6.47. The van der Waals surface area contributed by atoms with Gasteiger partial charge >= 0.3 is 0 Å². The fourth-order valence-electron chi connectivity index (χ4n) is 4.61. The predicted octanol–water partition coefficient (Wildman–Crippen LogP) is 8.06. The van der Waals surface area contributed by atoms with Crippen LogP contribution in [0.4, 0.5) is 5.69 Å². The molecule has 0 radical (unpaired) electrons. The number of rotatable bonds is 6. The maximum atomic E-state index is 6.38. The smallest absolute Gasteiger partial charge is 0.129 e. The highest BCUT2D eigenvalue weighted by molar-refractivity contribution is 5.81. The van der Waals surface area contributed by atoms with E-state index in [-0.39, 0.29) is 0 Å². The number of aromatic nitrogens is 1. The van der Waals surface area contributed by atoms with E-state index in [0.717, 1.165) is 40.7 Å². The second-order valence-electron chi connectivity index (χ2n) is 9.14. The topological polar surface area (TPSA) is 28.6 Å². The van der Waals surface area contributed by atoms with Crippen LogP contribution in [0.2, 0.25) is 0 Å². The third kappa shape index (κ3) is 4.95. The lowest BCUT2D eigenvalue weighted by molar-refractivity contribution is 0.481. The number of ether oxygens (including phenoxy) is 1. The zero-order valence-electron chi connectivity index (χ0n) is 20.7. The van der Waals surface area contributed by atoms with Crippen LogP contribution in [0, 0.1) is 0 Å². The zero-order valence-corrected chi connectivity index (χ0v) is 20.7. The Morgan fingerprint density at radius 1 is 0.622 bits per heavy atom. The van der Waals surface area contributed by atoms with Crippen molar-refractivity contribution < 1.29 is 4.74 Å². The van der Waals surface area contributed by atoms with Gasteiger partial charge in [-0.2, -0.15) is 0 Å². The second-order valence-corrected chi connectivity index (χ2v) is 9.14. The lowest BCUT2D eigenvalue weighted by atomic mass is 10.0. The largest absolute Gasteiger partial charge is 0.457 e. The van der Waals surface area contributed by atoms with Crippen molar-refractivity contribution in [3.63, 3.8) is 0 Å². The van der Waals surface area contributed by atoms with Crippen LogP contribution in [0.3, 0.4) is 0 Å². The maximum absolute atomic E-state index is 6.38. The van der Waals surface area contributed by atoms with E-state index in [1.165, 1.54) is 16.7 Å². The van der Waals surface area contributed by atoms with E-state index in [2.05, 4.69) is 107 Å². The Kier molecular flexibility index (Phi) is 6.14. The summed E-state index contributed by atoms with van der Waals surface area (Å²) < 4.78 is 6.38. The molecule has 0 saturated carbocycles. The Balaban J connectivity index is 1.31. The minimum absolute atomic E-state index is 0.775. The summed E-state index contributed by atoms with van der Waals surface area (Å²) in [6.07, 6.45) is 6.06. The van der Waals surface area contributed by atoms with Gasteiger partial charge < -0.3 is 14.5 Å². The Hall–Kier alpha value is -4.83. The van der Waals surface area contributed by atoms with Gasteiger partial charge in [0, 0.05) is 42.8 Å². The SMILES string of the molecule is CN1C=CN(c2cc(Oc3cccc(-c4cc(-c5ccccc5)ccn4)c3)ccc2-c2ccccc2)C1. The first-order valence-electron chi connectivity index (χ1n) is 12.4. The summed E-state index contributed by atoms with van der Waals surface area (Å²) in [5.74, 6) is 1.57. The van der Waals surface area contributed by atoms with Crippen LogP contribution in [0.1, 0.15) is 0 Å². The molecule has 180 valence electrons. The summed E-state index contributed by atoms with van der Waals surface area (Å²) in [6, 6.07) is 39.4. The van der Waals surface area contributed by atoms with Crippen LogP contribution in [0.5, 0.6) is 11.5 Å². The van der Waals surface area contributed by atoms with Gasteiger partial charge in [-0.3, -0.25) is 4.98 Å². The van der Waals surface area contributed by atoms with Crippen molar-refractivity contribution in [3.05, 3.63) is 134 Å². The fraction of sp³-hybridized carbons (Fsp3) is 0.0606. The van der Waals surface area contributed by atoms with Crippen molar-refractivity contribution in [2.75, 3.05) is 18.6 Å². The predicted molar refractivity (Wildman–Crippen MR) is 151 cm³/mol. The third-order valence-electron chi connectivity index (χ3n) is 6.47. The van der Waals surface area contributed by atoms with E-state index in [0.29, 0.717) is 0 Å². The number of anilines is 1. The van der Waals surface area contributed by atoms with E-state index in [1.807, 2.05) is 48.7 Å². The molecule has 6 rings (SSSR count). The molecule has 0 amide bonds. The number of pyridine rings is 1. The molecule has 4 aromatic carbocycles. The summed E-state index contributed by atoms with van der Waals surface area (Å²) >= 11 is 0. The monoisotopic (exact) mass is 481 g/mol. The molecule has 0 aliphatic carbocycles. The molecule has 0 spiro atoms. The number of hydrogen-bond acceptors (Lipinski definition) is 4. The molecule has 4 nitrogen and oxygen atoms in total. The van der Waals surface area contributed by atoms with Crippen molar-refractivity contribution in [1.29, 1.82) is 0 Å². The first kappa shape index (κ1) is 22.6. The van der Waals surface area contributed by atoms with E-state index in [1.54, 1.807) is 0 Å². The van der Waals surface area contributed by atoms with Gasteiger partial charge in [0.05, 0.1) is 18.1 Å². The second kappa shape index (κ2) is 10.0. The quantitative estimate of drug-likeness (QED) is 0.245. The molecule has 2 heterocycles. The first-order valence-corrected chi connectivity index (χ1v) is 12.4. The summed E-state index contributed by atoms with van der Waals surface area (Å²) in [5.41, 5.74) is 7.70. The van der Waals surface area contributed by atoms with Gasteiger partial charge in [-0.25, -0.2) is 0 Å². The highest BCUT2D eigenvalue weighted by atomic mass is 16.5. The molecule has 0 atom stereocenters. The molecule has 1 aromatic heterocycles. The minimum Gasteiger partial charge on any atom is -0.457 e. The lowest BCUT2D eigenvalue weighted by Gasteiger charge is -2.22. The summed E-state index contributed by atoms with van der Waals surface area (Å²) in [4.78, 5) is 9.02. The van der Waals surface area contributed by atoms with Crippen LogP contribution < -0.4 is 9.64 Å². The molecule has 0 unspecified atom stereocenters. The van der Waals surface area contributed by atoms with Crippen LogP contribution >= 0.6 is 0 Å². The van der Waals surface area contributed by atoms with E-state index in [4.69, 9.17) is 4.74 Å². The normalized spacial score (nSPS) is 12.7.